The minimum absolute atomic E-state index is 0.103. The lowest BCUT2D eigenvalue weighted by Gasteiger charge is -2.08. The van der Waals surface area contributed by atoms with Crippen molar-refractivity contribution in [3.63, 3.8) is 0 Å². The molecule has 2 aromatic carbocycles. The van der Waals surface area contributed by atoms with Crippen molar-refractivity contribution in [2.24, 2.45) is 0 Å². The van der Waals surface area contributed by atoms with Gasteiger partial charge in [-0.25, -0.2) is 0 Å². The van der Waals surface area contributed by atoms with Gasteiger partial charge in [-0.05, 0) is 67.8 Å². The molecular formula is C24H20F3N3O4. The zero-order valence-corrected chi connectivity index (χ0v) is 18.1. The molecule has 10 heteroatoms. The third kappa shape index (κ3) is 4.35. The van der Waals surface area contributed by atoms with Crippen LogP contribution in [0.5, 0.6) is 5.75 Å². The number of nitrogens with zero attached hydrogens (tertiary/aromatic N) is 2. The highest BCUT2D eigenvalue weighted by molar-refractivity contribution is 5.89. The smallest absolute Gasteiger partial charge is 0.466 e. The van der Waals surface area contributed by atoms with E-state index in [0.29, 0.717) is 24.4 Å². The van der Waals surface area contributed by atoms with Gasteiger partial charge in [-0.2, -0.15) is 4.98 Å². The average molecular weight is 471 g/mol. The van der Waals surface area contributed by atoms with Crippen LogP contribution in [0.2, 0.25) is 0 Å². The van der Waals surface area contributed by atoms with Gasteiger partial charge in [-0.15, -0.1) is 13.2 Å². The molecule has 0 spiro atoms. The number of halogens is 3. The van der Waals surface area contributed by atoms with Gasteiger partial charge in [-0.1, -0.05) is 5.16 Å². The monoisotopic (exact) mass is 471 g/mol. The lowest BCUT2D eigenvalue weighted by atomic mass is 10.0. The van der Waals surface area contributed by atoms with E-state index >= 15 is 0 Å². The first kappa shape index (κ1) is 22.0. The number of fused-ring (bicyclic) bond motifs is 3. The van der Waals surface area contributed by atoms with E-state index in [9.17, 15) is 18.0 Å². The number of alkyl halides is 3. The summed E-state index contributed by atoms with van der Waals surface area (Å²) >= 11 is 0. The fourth-order valence-corrected chi connectivity index (χ4v) is 4.37. The fraction of sp³-hybridized carbons (Fsp3) is 0.292. The molecule has 0 saturated carbocycles. The van der Waals surface area contributed by atoms with E-state index in [4.69, 9.17) is 9.26 Å². The number of aromatic nitrogens is 3. The summed E-state index contributed by atoms with van der Waals surface area (Å²) in [5.41, 5.74) is 4.42. The number of aromatic amines is 1. The summed E-state index contributed by atoms with van der Waals surface area (Å²) in [6.07, 6.45) is -2.68. The number of aryl methyl sites for hydroxylation is 1. The van der Waals surface area contributed by atoms with Gasteiger partial charge < -0.3 is 19.0 Å². The molecule has 1 N–H and O–H groups in total. The van der Waals surface area contributed by atoms with E-state index in [1.54, 1.807) is 6.92 Å². The van der Waals surface area contributed by atoms with E-state index in [1.165, 1.54) is 29.8 Å². The Hall–Kier alpha value is -3.82. The van der Waals surface area contributed by atoms with Crippen molar-refractivity contribution in [3.8, 4) is 28.6 Å². The van der Waals surface area contributed by atoms with Crippen LogP contribution < -0.4 is 4.74 Å². The lowest BCUT2D eigenvalue weighted by Crippen LogP contribution is -2.16. The summed E-state index contributed by atoms with van der Waals surface area (Å²) in [5, 5.41) is 5.08. The molecule has 0 fully saturated rings. The van der Waals surface area contributed by atoms with Crippen LogP contribution in [0.15, 0.2) is 47.0 Å². The zero-order valence-electron chi connectivity index (χ0n) is 18.1. The first-order valence-electron chi connectivity index (χ1n) is 10.8. The Labute approximate surface area is 191 Å². The summed E-state index contributed by atoms with van der Waals surface area (Å²) in [7, 11) is 0. The van der Waals surface area contributed by atoms with Crippen molar-refractivity contribution < 1.29 is 32.0 Å². The molecule has 1 unspecified atom stereocenters. The molecule has 176 valence electrons. The summed E-state index contributed by atoms with van der Waals surface area (Å²) in [4.78, 5) is 19.8. The molecule has 7 nitrogen and oxygen atoms in total. The van der Waals surface area contributed by atoms with Gasteiger partial charge in [0.25, 0.3) is 5.89 Å². The maximum absolute atomic E-state index is 12.3. The second-order valence-corrected chi connectivity index (χ2v) is 8.02. The highest BCUT2D eigenvalue weighted by Gasteiger charge is 2.31. The largest absolute Gasteiger partial charge is 0.573 e. The molecule has 0 bridgehead atoms. The Morgan fingerprint density at radius 2 is 1.94 bits per heavy atom. The zero-order chi connectivity index (χ0) is 23.9. The van der Waals surface area contributed by atoms with Gasteiger partial charge in [0.15, 0.2) is 0 Å². The molecule has 1 aliphatic rings. The number of nitrogens with one attached hydrogen (secondary N) is 1. The molecule has 0 radical (unpaired) electrons. The molecule has 34 heavy (non-hydrogen) atoms. The van der Waals surface area contributed by atoms with Crippen LogP contribution in [0.25, 0.3) is 33.7 Å². The van der Waals surface area contributed by atoms with E-state index in [2.05, 4.69) is 19.9 Å². The molecule has 5 rings (SSSR count). The van der Waals surface area contributed by atoms with E-state index in [0.717, 1.165) is 35.0 Å². The molecule has 2 heterocycles. The SMILES string of the molecule is CCOC(=O)CC1CCc2c1[nH]c1ccc(-c3noc(-c4ccc(OC(F)(F)F)cc4)n3)cc21. The van der Waals surface area contributed by atoms with Crippen molar-refractivity contribution in [1.29, 1.82) is 0 Å². The second kappa shape index (κ2) is 8.51. The highest BCUT2D eigenvalue weighted by Crippen LogP contribution is 2.40. The van der Waals surface area contributed by atoms with Crippen LogP contribution in [-0.4, -0.2) is 34.1 Å². The minimum atomic E-state index is -4.75. The van der Waals surface area contributed by atoms with Crippen LogP contribution in [0.4, 0.5) is 13.2 Å². The summed E-state index contributed by atoms with van der Waals surface area (Å²) in [6, 6.07) is 11.0. The minimum Gasteiger partial charge on any atom is -0.466 e. The Kier molecular flexibility index (Phi) is 5.51. The fourth-order valence-electron chi connectivity index (χ4n) is 4.37. The molecule has 1 aliphatic carbocycles. The molecule has 2 aromatic heterocycles. The van der Waals surface area contributed by atoms with Crippen molar-refractivity contribution in [2.45, 2.75) is 38.5 Å². The topological polar surface area (TPSA) is 90.2 Å². The standard InChI is InChI=1S/C24H20F3N3O4/c1-2-32-20(31)12-14-5-9-17-18-11-15(6-10-19(18)28-21(14)17)22-29-23(34-30-22)13-3-7-16(8-4-13)33-24(25,26)27/h3-4,6-8,10-11,14,28H,2,5,9,12H2,1H3. The number of H-pyrrole nitrogens is 1. The number of ether oxygens (including phenoxy) is 2. The van der Waals surface area contributed by atoms with Gasteiger partial charge in [0, 0.05) is 33.6 Å². The maximum atomic E-state index is 12.3. The molecular weight excluding hydrogens is 451 g/mol. The molecule has 0 aliphatic heterocycles. The molecule has 4 aromatic rings. The molecule has 0 saturated heterocycles. The number of carbonyl (C=O) groups is 1. The number of rotatable bonds is 6. The average Bonchev–Trinajstić information content (AvgIpc) is 3.50. The van der Waals surface area contributed by atoms with Crippen LogP contribution in [0.1, 0.15) is 36.9 Å². The van der Waals surface area contributed by atoms with Crippen LogP contribution in [0.3, 0.4) is 0 Å². The van der Waals surface area contributed by atoms with Gasteiger partial charge in [0.1, 0.15) is 5.75 Å². The van der Waals surface area contributed by atoms with E-state index < -0.39 is 6.36 Å². The van der Waals surface area contributed by atoms with Gasteiger partial charge in [-0.3, -0.25) is 4.79 Å². The number of esters is 1. The van der Waals surface area contributed by atoms with Crippen LogP contribution in [-0.2, 0) is 16.0 Å². The van der Waals surface area contributed by atoms with Crippen molar-refractivity contribution in [1.82, 2.24) is 15.1 Å². The normalized spacial score (nSPS) is 15.5. The first-order chi connectivity index (χ1) is 16.3. The van der Waals surface area contributed by atoms with Crippen LogP contribution >= 0.6 is 0 Å². The van der Waals surface area contributed by atoms with Gasteiger partial charge in [0.2, 0.25) is 5.82 Å². The van der Waals surface area contributed by atoms with E-state index in [-0.39, 0.29) is 23.5 Å². The number of carbonyl (C=O) groups excluding carboxylic acids is 1. The summed E-state index contributed by atoms with van der Waals surface area (Å²) in [5.74, 6) is 0.123. The predicted octanol–water partition coefficient (Wildman–Crippen LogP) is 5.77. The van der Waals surface area contributed by atoms with Crippen molar-refractivity contribution in [2.75, 3.05) is 6.61 Å². The molecule has 0 amide bonds. The predicted molar refractivity (Wildman–Crippen MR) is 116 cm³/mol. The highest BCUT2D eigenvalue weighted by atomic mass is 19.4. The second-order valence-electron chi connectivity index (χ2n) is 8.02. The third-order valence-electron chi connectivity index (χ3n) is 5.83. The van der Waals surface area contributed by atoms with Gasteiger partial charge in [0.05, 0.1) is 13.0 Å². The van der Waals surface area contributed by atoms with Crippen LogP contribution in [0, 0.1) is 0 Å². The van der Waals surface area contributed by atoms with Crippen molar-refractivity contribution in [3.05, 3.63) is 53.7 Å². The first-order valence-corrected chi connectivity index (χ1v) is 10.8. The number of hydrogen-bond acceptors (Lipinski definition) is 6. The number of benzene rings is 2. The Morgan fingerprint density at radius 1 is 1.18 bits per heavy atom. The summed E-state index contributed by atoms with van der Waals surface area (Å²) in [6.45, 7) is 2.16. The Morgan fingerprint density at radius 3 is 2.68 bits per heavy atom. The summed E-state index contributed by atoms with van der Waals surface area (Å²) < 4.78 is 51.4. The Bertz CT molecular complexity index is 1340. The number of hydrogen-bond donors (Lipinski definition) is 1. The third-order valence-corrected chi connectivity index (χ3v) is 5.83. The maximum Gasteiger partial charge on any atom is 0.573 e. The molecule has 1 atom stereocenters. The van der Waals surface area contributed by atoms with Gasteiger partial charge >= 0.3 is 12.3 Å². The van der Waals surface area contributed by atoms with E-state index in [1.807, 2.05) is 18.2 Å². The lowest BCUT2D eigenvalue weighted by molar-refractivity contribution is -0.274. The Balaban J connectivity index is 1.38. The quantitative estimate of drug-likeness (QED) is 0.359. The van der Waals surface area contributed by atoms with Crippen molar-refractivity contribution >= 4 is 16.9 Å².